The maximum atomic E-state index is 12.9. The fourth-order valence-corrected chi connectivity index (χ4v) is 5.30. The summed E-state index contributed by atoms with van der Waals surface area (Å²) in [5.74, 6) is -1.33. The maximum absolute atomic E-state index is 12.9. The molecule has 2 aromatic carbocycles. The Morgan fingerprint density at radius 1 is 0.794 bits per heavy atom. The van der Waals surface area contributed by atoms with Crippen LogP contribution in [0, 0.1) is 22.0 Å². The van der Waals surface area contributed by atoms with E-state index >= 15 is 0 Å². The molecule has 2 amide bonds. The van der Waals surface area contributed by atoms with Crippen molar-refractivity contribution in [2.45, 2.75) is 12.8 Å². The van der Waals surface area contributed by atoms with Gasteiger partial charge in [-0.15, -0.1) is 0 Å². The zero-order valence-corrected chi connectivity index (χ0v) is 19.7. The van der Waals surface area contributed by atoms with Crippen molar-refractivity contribution in [3.8, 4) is 0 Å². The highest BCUT2D eigenvalue weighted by atomic mass is 35.5. The van der Waals surface area contributed by atoms with E-state index in [2.05, 4.69) is 4.90 Å². The molecular formula is C24H22Cl2N4O4. The van der Waals surface area contributed by atoms with Gasteiger partial charge in [-0.25, -0.2) is 4.90 Å². The highest BCUT2D eigenvalue weighted by Crippen LogP contribution is 2.40. The molecule has 3 aliphatic rings. The SMILES string of the molecule is O=C1[C@@H]2CC=CC[C@H]2C(=O)N1c1ccc(N2CCN(c3ccc(Cl)c(Cl)c3)CC2)c([N+](=O)[O-])c1. The lowest BCUT2D eigenvalue weighted by Gasteiger charge is -2.37. The number of imide groups is 1. The lowest BCUT2D eigenvalue weighted by molar-refractivity contribution is -0.384. The van der Waals surface area contributed by atoms with Gasteiger partial charge in [0.25, 0.3) is 5.69 Å². The van der Waals surface area contributed by atoms with Crippen LogP contribution in [0.4, 0.5) is 22.7 Å². The molecule has 0 saturated carbocycles. The minimum Gasteiger partial charge on any atom is -0.368 e. The van der Waals surface area contributed by atoms with E-state index in [9.17, 15) is 19.7 Å². The van der Waals surface area contributed by atoms with E-state index < -0.39 is 4.92 Å². The zero-order valence-electron chi connectivity index (χ0n) is 18.2. The van der Waals surface area contributed by atoms with Gasteiger partial charge in [-0.05, 0) is 43.2 Å². The molecule has 0 unspecified atom stereocenters. The maximum Gasteiger partial charge on any atom is 0.294 e. The largest absolute Gasteiger partial charge is 0.368 e. The summed E-state index contributed by atoms with van der Waals surface area (Å²) in [6, 6.07) is 10.1. The molecule has 34 heavy (non-hydrogen) atoms. The van der Waals surface area contributed by atoms with Gasteiger partial charge >= 0.3 is 0 Å². The number of nitro benzene ring substituents is 1. The Morgan fingerprint density at radius 3 is 1.97 bits per heavy atom. The second kappa shape index (κ2) is 8.92. The molecule has 2 aliphatic heterocycles. The topological polar surface area (TPSA) is 87.0 Å². The molecule has 0 bridgehead atoms. The highest BCUT2D eigenvalue weighted by molar-refractivity contribution is 6.42. The van der Waals surface area contributed by atoms with Crippen LogP contribution < -0.4 is 14.7 Å². The molecule has 10 heteroatoms. The fraction of sp³-hybridized carbons (Fsp3) is 0.333. The molecule has 176 valence electrons. The Labute approximate surface area is 206 Å². The number of carbonyl (C=O) groups is 2. The summed E-state index contributed by atoms with van der Waals surface area (Å²) in [7, 11) is 0. The van der Waals surface area contributed by atoms with Crippen LogP contribution in [-0.4, -0.2) is 42.9 Å². The summed E-state index contributed by atoms with van der Waals surface area (Å²) < 4.78 is 0. The average molecular weight is 501 g/mol. The molecular weight excluding hydrogens is 479 g/mol. The number of nitro groups is 1. The van der Waals surface area contributed by atoms with Crippen LogP contribution in [0.2, 0.25) is 10.0 Å². The number of anilines is 3. The van der Waals surface area contributed by atoms with Gasteiger partial charge in [-0.2, -0.15) is 0 Å². The molecule has 8 nitrogen and oxygen atoms in total. The van der Waals surface area contributed by atoms with Gasteiger partial charge in [0.1, 0.15) is 5.69 Å². The van der Waals surface area contributed by atoms with Crippen LogP contribution in [0.5, 0.6) is 0 Å². The molecule has 2 heterocycles. The number of benzene rings is 2. The Bertz CT molecular complexity index is 1180. The van der Waals surface area contributed by atoms with Gasteiger partial charge in [0.05, 0.1) is 32.5 Å². The van der Waals surface area contributed by atoms with Crippen LogP contribution in [0.15, 0.2) is 48.6 Å². The molecule has 2 aromatic rings. The lowest BCUT2D eigenvalue weighted by atomic mass is 9.85. The average Bonchev–Trinajstić information content (AvgIpc) is 3.10. The zero-order chi connectivity index (χ0) is 24.0. The third kappa shape index (κ3) is 3.91. The minimum absolute atomic E-state index is 0.117. The first-order chi connectivity index (χ1) is 16.3. The first kappa shape index (κ1) is 22.7. The Morgan fingerprint density at radius 2 is 1.38 bits per heavy atom. The summed E-state index contributed by atoms with van der Waals surface area (Å²) in [5, 5.41) is 12.9. The molecule has 0 radical (unpaired) electrons. The number of nitrogens with zero attached hydrogens (tertiary/aromatic N) is 4. The predicted octanol–water partition coefficient (Wildman–Crippen LogP) is 4.68. The molecule has 0 N–H and O–H groups in total. The number of piperazine rings is 1. The van der Waals surface area contributed by atoms with E-state index in [-0.39, 0.29) is 35.0 Å². The number of hydrogen-bond acceptors (Lipinski definition) is 6. The monoisotopic (exact) mass is 500 g/mol. The number of halogens is 2. The second-order valence-electron chi connectivity index (χ2n) is 8.67. The van der Waals surface area contributed by atoms with Gasteiger partial charge in [0, 0.05) is 37.9 Å². The highest BCUT2D eigenvalue weighted by Gasteiger charge is 2.48. The number of carbonyl (C=O) groups excluding carboxylic acids is 2. The smallest absolute Gasteiger partial charge is 0.294 e. The number of amides is 2. The Kier molecular flexibility index (Phi) is 5.95. The Balaban J connectivity index is 1.36. The van der Waals surface area contributed by atoms with E-state index in [0.29, 0.717) is 54.8 Å². The second-order valence-corrected chi connectivity index (χ2v) is 9.48. The predicted molar refractivity (Wildman–Crippen MR) is 132 cm³/mol. The van der Waals surface area contributed by atoms with Crippen LogP contribution in [0.1, 0.15) is 12.8 Å². The van der Waals surface area contributed by atoms with Gasteiger partial charge in [0.2, 0.25) is 11.8 Å². The van der Waals surface area contributed by atoms with Gasteiger partial charge in [-0.1, -0.05) is 35.4 Å². The van der Waals surface area contributed by atoms with Crippen LogP contribution in [0.3, 0.4) is 0 Å². The van der Waals surface area contributed by atoms with Crippen molar-refractivity contribution in [3.05, 3.63) is 68.7 Å². The third-order valence-corrected chi connectivity index (χ3v) is 7.55. The standard InChI is InChI=1S/C24H22Cl2N4O4/c25-19-7-5-15(13-20(19)26)27-9-11-28(12-10-27)21-8-6-16(14-22(21)30(33)34)29-23(31)17-3-1-2-4-18(17)24(29)32/h1-2,5-8,13-14,17-18H,3-4,9-12H2/t17-,18-/m1/s1. The van der Waals surface area contributed by atoms with Gasteiger partial charge < -0.3 is 9.80 Å². The van der Waals surface area contributed by atoms with Crippen LogP contribution >= 0.6 is 23.2 Å². The van der Waals surface area contributed by atoms with Gasteiger partial charge in [-0.3, -0.25) is 19.7 Å². The first-order valence-corrected chi connectivity index (χ1v) is 11.9. The number of hydrogen-bond donors (Lipinski definition) is 0. The van der Waals surface area contributed by atoms with Crippen LogP contribution in [0.25, 0.3) is 0 Å². The number of fused-ring (bicyclic) bond motifs is 1. The molecule has 2 fully saturated rings. The van der Waals surface area contributed by atoms with Crippen molar-refractivity contribution in [1.82, 2.24) is 0 Å². The van der Waals surface area contributed by atoms with Crippen molar-refractivity contribution in [2.24, 2.45) is 11.8 Å². The summed E-state index contributed by atoms with van der Waals surface area (Å²) in [6.45, 7) is 2.43. The third-order valence-electron chi connectivity index (χ3n) is 6.81. The molecule has 2 atom stereocenters. The summed E-state index contributed by atoms with van der Waals surface area (Å²) in [4.78, 5) is 42.5. The molecule has 2 saturated heterocycles. The van der Waals surface area contributed by atoms with E-state index in [0.717, 1.165) is 10.6 Å². The van der Waals surface area contributed by atoms with Crippen molar-refractivity contribution in [3.63, 3.8) is 0 Å². The number of allylic oxidation sites excluding steroid dienone is 2. The summed E-state index contributed by atoms with van der Waals surface area (Å²) in [6.07, 6.45) is 4.88. The fourth-order valence-electron chi connectivity index (χ4n) is 5.01. The van der Waals surface area contributed by atoms with Crippen molar-refractivity contribution < 1.29 is 14.5 Å². The Hall–Kier alpha value is -3.10. The van der Waals surface area contributed by atoms with E-state index in [4.69, 9.17) is 23.2 Å². The van der Waals surface area contributed by atoms with Crippen molar-refractivity contribution >= 4 is 57.8 Å². The minimum atomic E-state index is -0.455. The van der Waals surface area contributed by atoms with Crippen molar-refractivity contribution in [2.75, 3.05) is 40.9 Å². The normalized spacial score (nSPS) is 22.4. The van der Waals surface area contributed by atoms with Gasteiger partial charge in [0.15, 0.2) is 0 Å². The van der Waals surface area contributed by atoms with E-state index in [1.807, 2.05) is 29.2 Å². The first-order valence-electron chi connectivity index (χ1n) is 11.1. The number of rotatable bonds is 4. The molecule has 5 rings (SSSR count). The quantitative estimate of drug-likeness (QED) is 0.262. The summed E-state index contributed by atoms with van der Waals surface area (Å²) in [5.41, 5.74) is 1.56. The van der Waals surface area contributed by atoms with Crippen molar-refractivity contribution in [1.29, 1.82) is 0 Å². The molecule has 1 aliphatic carbocycles. The van der Waals surface area contributed by atoms with E-state index in [1.54, 1.807) is 18.2 Å². The summed E-state index contributed by atoms with van der Waals surface area (Å²) >= 11 is 12.2. The molecule has 0 spiro atoms. The van der Waals surface area contributed by atoms with Crippen LogP contribution in [-0.2, 0) is 9.59 Å². The van der Waals surface area contributed by atoms with E-state index in [1.165, 1.54) is 6.07 Å². The lowest BCUT2D eigenvalue weighted by Crippen LogP contribution is -2.46. The molecule has 0 aromatic heterocycles.